The largest absolute Gasteiger partial charge is 0.378 e. The van der Waals surface area contributed by atoms with E-state index in [0.29, 0.717) is 26.3 Å². The van der Waals surface area contributed by atoms with Crippen molar-refractivity contribution in [3.05, 3.63) is 29.8 Å². The molecule has 0 unspecified atom stereocenters. The number of hydrogen-bond donors (Lipinski definition) is 0. The maximum Gasteiger partial charge on any atom is 0.245 e. The molecule has 0 aromatic heterocycles. The fourth-order valence-electron chi connectivity index (χ4n) is 3.39. The van der Waals surface area contributed by atoms with Crippen molar-refractivity contribution in [3.63, 3.8) is 0 Å². The van der Waals surface area contributed by atoms with E-state index in [1.165, 1.54) is 5.56 Å². The summed E-state index contributed by atoms with van der Waals surface area (Å²) in [7, 11) is 0. The fraction of sp³-hybridized carbons (Fsp3) is 0.500. The van der Waals surface area contributed by atoms with Gasteiger partial charge in [-0.25, -0.2) is 4.99 Å². The van der Waals surface area contributed by atoms with E-state index in [0.717, 1.165) is 30.9 Å². The molecule has 5 heteroatoms. The van der Waals surface area contributed by atoms with Crippen LogP contribution in [-0.2, 0) is 16.1 Å². The standard InChI is InChI=1S/C16H19N3O2/c20-16(18-7-9-21-10-8-18)14-5-6-15-17-13-4-2-1-3-12(13)11-19(14)15/h1-4,14H,5-11H2/t14-/m0/s1. The van der Waals surface area contributed by atoms with Gasteiger partial charge in [0.15, 0.2) is 0 Å². The average molecular weight is 285 g/mol. The predicted octanol–water partition coefficient (Wildman–Crippen LogP) is 1.55. The van der Waals surface area contributed by atoms with Gasteiger partial charge in [0, 0.05) is 26.1 Å². The first kappa shape index (κ1) is 12.8. The third-order valence-electron chi connectivity index (χ3n) is 4.54. The number of para-hydroxylation sites is 1. The Bertz CT molecular complexity index is 593. The second-order valence-corrected chi connectivity index (χ2v) is 5.78. The quantitative estimate of drug-likeness (QED) is 0.786. The van der Waals surface area contributed by atoms with Crippen molar-refractivity contribution in [2.24, 2.45) is 4.99 Å². The number of ether oxygens (including phenoxy) is 1. The normalized spacial score (nSPS) is 24.4. The highest BCUT2D eigenvalue weighted by molar-refractivity contribution is 5.95. The van der Waals surface area contributed by atoms with E-state index in [-0.39, 0.29) is 11.9 Å². The van der Waals surface area contributed by atoms with E-state index in [9.17, 15) is 4.79 Å². The lowest BCUT2D eigenvalue weighted by Crippen LogP contribution is -2.50. The second kappa shape index (κ2) is 5.15. The summed E-state index contributed by atoms with van der Waals surface area (Å²) in [5.74, 6) is 1.31. The zero-order valence-corrected chi connectivity index (χ0v) is 12.0. The minimum Gasteiger partial charge on any atom is -0.378 e. The molecule has 1 aromatic rings. The molecule has 3 heterocycles. The molecule has 2 fully saturated rings. The number of hydrogen-bond acceptors (Lipinski definition) is 4. The Kier molecular flexibility index (Phi) is 3.15. The lowest BCUT2D eigenvalue weighted by atomic mass is 10.1. The maximum atomic E-state index is 12.7. The van der Waals surface area contributed by atoms with Gasteiger partial charge in [-0.15, -0.1) is 0 Å². The van der Waals surface area contributed by atoms with Crippen LogP contribution in [0.1, 0.15) is 18.4 Å². The summed E-state index contributed by atoms with van der Waals surface area (Å²) in [5.41, 5.74) is 2.27. The average Bonchev–Trinajstić information content (AvgIpc) is 2.95. The molecule has 0 N–H and O–H groups in total. The van der Waals surface area contributed by atoms with Gasteiger partial charge in [0.1, 0.15) is 11.9 Å². The lowest BCUT2D eigenvalue weighted by molar-refractivity contribution is -0.139. The molecule has 0 aliphatic carbocycles. The Balaban J connectivity index is 1.56. The highest BCUT2D eigenvalue weighted by Gasteiger charge is 2.38. The summed E-state index contributed by atoms with van der Waals surface area (Å²) in [6, 6.07) is 8.16. The molecule has 1 atom stereocenters. The summed E-state index contributed by atoms with van der Waals surface area (Å²) in [5, 5.41) is 0. The van der Waals surface area contributed by atoms with Gasteiger partial charge in [-0.05, 0) is 18.1 Å². The molecule has 0 bridgehead atoms. The summed E-state index contributed by atoms with van der Waals surface area (Å²) >= 11 is 0. The van der Waals surface area contributed by atoms with Crippen LogP contribution >= 0.6 is 0 Å². The van der Waals surface area contributed by atoms with Crippen LogP contribution < -0.4 is 0 Å². The van der Waals surface area contributed by atoms with Gasteiger partial charge >= 0.3 is 0 Å². The van der Waals surface area contributed by atoms with Crippen molar-refractivity contribution in [2.45, 2.75) is 25.4 Å². The number of amidine groups is 1. The SMILES string of the molecule is O=C([C@@H]1CCC2=Nc3ccccc3CN21)N1CCOCC1. The highest BCUT2D eigenvalue weighted by atomic mass is 16.5. The van der Waals surface area contributed by atoms with Gasteiger partial charge < -0.3 is 14.5 Å². The fourth-order valence-corrected chi connectivity index (χ4v) is 3.39. The van der Waals surface area contributed by atoms with Crippen LogP contribution in [0.15, 0.2) is 29.3 Å². The van der Waals surface area contributed by atoms with E-state index in [1.807, 2.05) is 17.0 Å². The van der Waals surface area contributed by atoms with Crippen molar-refractivity contribution in [1.82, 2.24) is 9.80 Å². The molecular formula is C16H19N3O2. The second-order valence-electron chi connectivity index (χ2n) is 5.78. The number of nitrogens with zero attached hydrogens (tertiary/aromatic N) is 3. The predicted molar refractivity (Wildman–Crippen MR) is 79.5 cm³/mol. The van der Waals surface area contributed by atoms with Crippen LogP contribution in [-0.4, -0.2) is 53.9 Å². The molecule has 3 aliphatic rings. The van der Waals surface area contributed by atoms with E-state index in [2.05, 4.69) is 17.0 Å². The lowest BCUT2D eigenvalue weighted by Gasteiger charge is -2.34. The topological polar surface area (TPSA) is 45.1 Å². The van der Waals surface area contributed by atoms with Crippen LogP contribution in [0.2, 0.25) is 0 Å². The first-order valence-corrected chi connectivity index (χ1v) is 7.61. The Morgan fingerprint density at radius 1 is 1.24 bits per heavy atom. The number of carbonyl (C=O) groups is 1. The summed E-state index contributed by atoms with van der Waals surface area (Å²) in [6.45, 7) is 3.54. The van der Waals surface area contributed by atoms with Gasteiger partial charge in [0.25, 0.3) is 0 Å². The molecule has 4 rings (SSSR count). The van der Waals surface area contributed by atoms with Gasteiger partial charge in [-0.3, -0.25) is 4.79 Å². The zero-order valence-electron chi connectivity index (χ0n) is 12.0. The van der Waals surface area contributed by atoms with Crippen LogP contribution in [0.3, 0.4) is 0 Å². The molecular weight excluding hydrogens is 266 g/mol. The molecule has 21 heavy (non-hydrogen) atoms. The Hall–Kier alpha value is -1.88. The first-order chi connectivity index (χ1) is 10.3. The number of aliphatic imine (C=N–C) groups is 1. The van der Waals surface area contributed by atoms with Crippen LogP contribution in [0.25, 0.3) is 0 Å². The first-order valence-electron chi connectivity index (χ1n) is 7.61. The number of fused-ring (bicyclic) bond motifs is 2. The Labute approximate surface area is 124 Å². The molecule has 0 spiro atoms. The third kappa shape index (κ3) is 2.21. The van der Waals surface area contributed by atoms with Crippen LogP contribution in [0.4, 0.5) is 5.69 Å². The van der Waals surface area contributed by atoms with Gasteiger partial charge in [-0.1, -0.05) is 18.2 Å². The van der Waals surface area contributed by atoms with E-state index < -0.39 is 0 Å². The van der Waals surface area contributed by atoms with E-state index in [4.69, 9.17) is 9.73 Å². The monoisotopic (exact) mass is 285 g/mol. The number of amides is 1. The van der Waals surface area contributed by atoms with Crippen LogP contribution in [0.5, 0.6) is 0 Å². The maximum absolute atomic E-state index is 12.7. The summed E-state index contributed by atoms with van der Waals surface area (Å²) < 4.78 is 5.33. The summed E-state index contributed by atoms with van der Waals surface area (Å²) in [4.78, 5) is 21.6. The number of rotatable bonds is 1. The molecule has 0 saturated carbocycles. The molecule has 3 aliphatic heterocycles. The molecule has 1 amide bonds. The van der Waals surface area contributed by atoms with Gasteiger partial charge in [0.2, 0.25) is 5.91 Å². The van der Waals surface area contributed by atoms with E-state index in [1.54, 1.807) is 0 Å². The minimum absolute atomic E-state index is 0.0461. The van der Waals surface area contributed by atoms with Crippen molar-refractivity contribution < 1.29 is 9.53 Å². The smallest absolute Gasteiger partial charge is 0.245 e. The molecule has 110 valence electrons. The van der Waals surface area contributed by atoms with Gasteiger partial charge in [-0.2, -0.15) is 0 Å². The number of benzene rings is 1. The van der Waals surface area contributed by atoms with Crippen molar-refractivity contribution >= 4 is 17.4 Å². The van der Waals surface area contributed by atoms with E-state index >= 15 is 0 Å². The third-order valence-corrected chi connectivity index (χ3v) is 4.54. The van der Waals surface area contributed by atoms with Crippen molar-refractivity contribution in [3.8, 4) is 0 Å². The van der Waals surface area contributed by atoms with Crippen molar-refractivity contribution in [2.75, 3.05) is 26.3 Å². The minimum atomic E-state index is -0.0461. The molecule has 0 radical (unpaired) electrons. The Morgan fingerprint density at radius 2 is 2.05 bits per heavy atom. The molecule has 2 saturated heterocycles. The summed E-state index contributed by atoms with van der Waals surface area (Å²) in [6.07, 6.45) is 1.78. The highest BCUT2D eigenvalue weighted by Crippen LogP contribution is 2.33. The molecule has 5 nitrogen and oxygen atoms in total. The number of morpholine rings is 1. The van der Waals surface area contributed by atoms with Crippen molar-refractivity contribution in [1.29, 1.82) is 0 Å². The van der Waals surface area contributed by atoms with Crippen LogP contribution in [0, 0.1) is 0 Å². The molecule has 1 aromatic carbocycles. The van der Waals surface area contributed by atoms with Gasteiger partial charge in [0.05, 0.1) is 18.9 Å². The zero-order chi connectivity index (χ0) is 14.2. The Morgan fingerprint density at radius 3 is 2.90 bits per heavy atom. The number of carbonyl (C=O) groups excluding carboxylic acids is 1.